The first-order chi connectivity index (χ1) is 10.2. The number of ether oxygens (including phenoxy) is 1. The van der Waals surface area contributed by atoms with Crippen molar-refractivity contribution in [2.45, 2.75) is 12.5 Å². The molecule has 1 aromatic rings. The molecule has 0 fully saturated rings. The zero-order valence-corrected chi connectivity index (χ0v) is 12.1. The number of carbonyl (C=O) groups is 1. The van der Waals surface area contributed by atoms with E-state index in [1.54, 1.807) is 19.2 Å². The third-order valence-electron chi connectivity index (χ3n) is 3.48. The highest BCUT2D eigenvalue weighted by molar-refractivity contribution is 5.68. The van der Waals surface area contributed by atoms with Gasteiger partial charge < -0.3 is 10.1 Å². The van der Waals surface area contributed by atoms with Crippen LogP contribution in [0.4, 0.5) is 4.79 Å². The monoisotopic (exact) mass is 281 g/mol. The zero-order chi connectivity index (χ0) is 15.2. The van der Waals surface area contributed by atoms with Crippen LogP contribution in [0, 0.1) is 0 Å². The summed E-state index contributed by atoms with van der Waals surface area (Å²) in [6.07, 6.45) is 7.26. The molecule has 0 radical (unpaired) electrons. The van der Waals surface area contributed by atoms with E-state index >= 15 is 0 Å². The molecule has 1 atom stereocenters. The third kappa shape index (κ3) is 3.31. The number of benzene rings is 1. The molecule has 0 heterocycles. The van der Waals surface area contributed by atoms with E-state index in [9.17, 15) is 4.79 Å². The SMILES string of the molecule is C=CC1=C(\C=C)C(OC(=O)NC)Cc2ccccc2/C=C\1. The lowest BCUT2D eigenvalue weighted by molar-refractivity contribution is 0.118. The summed E-state index contributed by atoms with van der Waals surface area (Å²) in [5.41, 5.74) is 4.02. The topological polar surface area (TPSA) is 38.3 Å². The Morgan fingerprint density at radius 3 is 2.71 bits per heavy atom. The van der Waals surface area contributed by atoms with Crippen molar-refractivity contribution in [2.75, 3.05) is 7.05 Å². The van der Waals surface area contributed by atoms with Gasteiger partial charge in [0.25, 0.3) is 0 Å². The summed E-state index contributed by atoms with van der Waals surface area (Å²) >= 11 is 0. The first kappa shape index (κ1) is 14.9. The van der Waals surface area contributed by atoms with Crippen LogP contribution >= 0.6 is 0 Å². The van der Waals surface area contributed by atoms with Crippen LogP contribution in [0.3, 0.4) is 0 Å². The Kier molecular flexibility index (Phi) is 4.77. The van der Waals surface area contributed by atoms with Crippen LogP contribution < -0.4 is 5.32 Å². The Morgan fingerprint density at radius 2 is 2.05 bits per heavy atom. The molecule has 1 N–H and O–H groups in total. The molecular formula is C18H19NO2. The fraction of sp³-hybridized carbons (Fsp3) is 0.167. The molecule has 108 valence electrons. The average molecular weight is 281 g/mol. The van der Waals surface area contributed by atoms with Gasteiger partial charge in [-0.25, -0.2) is 4.79 Å². The molecule has 3 heteroatoms. The maximum atomic E-state index is 11.6. The number of hydrogen-bond donors (Lipinski definition) is 1. The zero-order valence-electron chi connectivity index (χ0n) is 12.1. The smallest absolute Gasteiger partial charge is 0.407 e. The fourth-order valence-corrected chi connectivity index (χ4v) is 2.38. The van der Waals surface area contributed by atoms with Crippen molar-refractivity contribution in [3.8, 4) is 0 Å². The van der Waals surface area contributed by atoms with Crippen molar-refractivity contribution in [1.82, 2.24) is 5.32 Å². The second-order valence-electron chi connectivity index (χ2n) is 4.70. The van der Waals surface area contributed by atoms with Crippen LogP contribution in [0.15, 0.2) is 66.8 Å². The Balaban J connectivity index is 2.50. The van der Waals surface area contributed by atoms with Crippen molar-refractivity contribution in [1.29, 1.82) is 0 Å². The molecule has 0 bridgehead atoms. The van der Waals surface area contributed by atoms with E-state index in [4.69, 9.17) is 4.74 Å². The number of rotatable bonds is 3. The molecule has 2 rings (SSSR count). The highest BCUT2D eigenvalue weighted by atomic mass is 16.6. The van der Waals surface area contributed by atoms with Gasteiger partial charge in [0, 0.05) is 13.5 Å². The van der Waals surface area contributed by atoms with Gasteiger partial charge in [-0.3, -0.25) is 0 Å². The van der Waals surface area contributed by atoms with Gasteiger partial charge in [-0.2, -0.15) is 0 Å². The third-order valence-corrected chi connectivity index (χ3v) is 3.48. The van der Waals surface area contributed by atoms with Crippen molar-refractivity contribution in [3.63, 3.8) is 0 Å². The summed E-state index contributed by atoms with van der Waals surface area (Å²) in [6.45, 7) is 7.67. The van der Waals surface area contributed by atoms with Gasteiger partial charge in [-0.1, -0.05) is 61.7 Å². The van der Waals surface area contributed by atoms with E-state index in [1.807, 2.05) is 36.4 Å². The predicted octanol–water partition coefficient (Wildman–Crippen LogP) is 3.65. The molecule has 0 aliphatic heterocycles. The Labute approximate surface area is 125 Å². The van der Waals surface area contributed by atoms with Gasteiger partial charge >= 0.3 is 6.09 Å². The van der Waals surface area contributed by atoms with E-state index in [0.29, 0.717) is 6.42 Å². The van der Waals surface area contributed by atoms with Gasteiger partial charge in [0.05, 0.1) is 0 Å². The van der Waals surface area contributed by atoms with Crippen LogP contribution in [-0.2, 0) is 11.2 Å². The molecule has 1 aliphatic rings. The van der Waals surface area contributed by atoms with Crippen LogP contribution in [0.2, 0.25) is 0 Å². The minimum Gasteiger partial charge on any atom is -0.441 e. The van der Waals surface area contributed by atoms with Crippen LogP contribution in [0.1, 0.15) is 11.1 Å². The number of alkyl carbamates (subject to hydrolysis) is 1. The Bertz CT molecular complexity index is 626. The van der Waals surface area contributed by atoms with Gasteiger partial charge in [-0.15, -0.1) is 0 Å². The number of allylic oxidation sites excluding steroid dienone is 3. The molecule has 21 heavy (non-hydrogen) atoms. The van der Waals surface area contributed by atoms with E-state index in [-0.39, 0.29) is 6.10 Å². The fourth-order valence-electron chi connectivity index (χ4n) is 2.38. The normalized spacial score (nSPS) is 22.2. The first-order valence-corrected chi connectivity index (χ1v) is 6.83. The van der Waals surface area contributed by atoms with E-state index in [1.165, 1.54) is 0 Å². The highest BCUT2D eigenvalue weighted by Gasteiger charge is 2.21. The summed E-state index contributed by atoms with van der Waals surface area (Å²) in [5, 5.41) is 2.49. The first-order valence-electron chi connectivity index (χ1n) is 6.83. The molecule has 0 aromatic heterocycles. The number of hydrogen-bond acceptors (Lipinski definition) is 2. The van der Waals surface area contributed by atoms with E-state index < -0.39 is 6.09 Å². The summed E-state index contributed by atoms with van der Waals surface area (Å²) in [6, 6.07) is 8.06. The second kappa shape index (κ2) is 6.75. The molecular weight excluding hydrogens is 262 g/mol. The minimum absolute atomic E-state index is 0.387. The number of amides is 1. The van der Waals surface area contributed by atoms with Gasteiger partial charge in [0.15, 0.2) is 0 Å². The quantitative estimate of drug-likeness (QED) is 0.918. The number of nitrogens with one attached hydrogen (secondary N) is 1. The lowest BCUT2D eigenvalue weighted by atomic mass is 9.91. The summed E-state index contributed by atoms with van der Waals surface area (Å²) in [7, 11) is 1.55. The Morgan fingerprint density at radius 1 is 1.29 bits per heavy atom. The highest BCUT2D eigenvalue weighted by Crippen LogP contribution is 2.26. The van der Waals surface area contributed by atoms with Gasteiger partial charge in [-0.05, 0) is 22.3 Å². The molecule has 1 unspecified atom stereocenters. The van der Waals surface area contributed by atoms with Crippen LogP contribution in [-0.4, -0.2) is 19.2 Å². The maximum absolute atomic E-state index is 11.6. The Hall–Kier alpha value is -2.55. The lowest BCUT2D eigenvalue weighted by Crippen LogP contribution is -2.29. The molecule has 1 aromatic carbocycles. The van der Waals surface area contributed by atoms with E-state index in [0.717, 1.165) is 22.3 Å². The largest absolute Gasteiger partial charge is 0.441 e. The maximum Gasteiger partial charge on any atom is 0.407 e. The average Bonchev–Trinajstić information content (AvgIpc) is 2.50. The van der Waals surface area contributed by atoms with Crippen molar-refractivity contribution < 1.29 is 9.53 Å². The standard InChI is InChI=1S/C18H19NO2/c1-4-13-10-11-14-8-6-7-9-15(14)12-17(16(13)5-2)21-18(20)19-3/h4-11,17H,1-2,12H2,3H3,(H,19,20)/b11-10-,16-13-. The lowest BCUT2D eigenvalue weighted by Gasteiger charge is -2.23. The molecule has 0 saturated heterocycles. The van der Waals surface area contributed by atoms with Gasteiger partial charge in [0.1, 0.15) is 6.10 Å². The minimum atomic E-state index is -0.454. The summed E-state index contributed by atoms with van der Waals surface area (Å²) in [5.74, 6) is 0. The predicted molar refractivity (Wildman–Crippen MR) is 85.9 cm³/mol. The summed E-state index contributed by atoms with van der Waals surface area (Å²) in [4.78, 5) is 11.6. The van der Waals surface area contributed by atoms with Crippen molar-refractivity contribution in [2.24, 2.45) is 0 Å². The summed E-state index contributed by atoms with van der Waals surface area (Å²) < 4.78 is 5.51. The van der Waals surface area contributed by atoms with Crippen molar-refractivity contribution in [3.05, 3.63) is 77.9 Å². The van der Waals surface area contributed by atoms with Gasteiger partial charge in [0.2, 0.25) is 0 Å². The second-order valence-corrected chi connectivity index (χ2v) is 4.70. The van der Waals surface area contributed by atoms with E-state index in [2.05, 4.69) is 18.5 Å². The molecule has 0 spiro atoms. The molecule has 3 nitrogen and oxygen atoms in total. The molecule has 0 saturated carbocycles. The molecule has 1 aliphatic carbocycles. The molecule has 1 amide bonds. The number of carbonyl (C=O) groups excluding carboxylic acids is 1. The van der Waals surface area contributed by atoms with Crippen LogP contribution in [0.25, 0.3) is 6.08 Å². The van der Waals surface area contributed by atoms with Crippen molar-refractivity contribution >= 4 is 12.2 Å². The number of fused-ring (bicyclic) bond motifs is 1. The van der Waals surface area contributed by atoms with Crippen LogP contribution in [0.5, 0.6) is 0 Å².